The van der Waals surface area contributed by atoms with E-state index in [9.17, 15) is 37.6 Å². The minimum absolute atomic E-state index is 0.0266. The van der Waals surface area contributed by atoms with E-state index >= 15 is 0 Å². The van der Waals surface area contributed by atoms with Gasteiger partial charge < -0.3 is 20.3 Å². The number of aryl methyl sites for hydroxylation is 1. The zero-order valence-electron chi connectivity index (χ0n) is 33.2. The number of benzene rings is 2. The average Bonchev–Trinajstić information content (AvgIpc) is 3.57. The molecule has 2 aliphatic carbocycles. The summed E-state index contributed by atoms with van der Waals surface area (Å²) >= 11 is 5.81. The van der Waals surface area contributed by atoms with Crippen molar-refractivity contribution in [2.24, 2.45) is 5.92 Å². The molecular formula is C44H46F3N7O5S. The number of hydrogen-bond acceptors (Lipinski definition) is 10. The topological polar surface area (TPSA) is 148 Å². The summed E-state index contributed by atoms with van der Waals surface area (Å²) in [5.41, 5.74) is -0.207. The number of anilines is 4. The molecule has 8 rings (SSSR count). The molecule has 60 heavy (non-hydrogen) atoms. The molecule has 3 aromatic rings. The highest BCUT2D eigenvalue weighted by Crippen LogP contribution is 2.49. The summed E-state index contributed by atoms with van der Waals surface area (Å²) in [6.45, 7) is 2.82. The van der Waals surface area contributed by atoms with Crippen molar-refractivity contribution in [1.29, 1.82) is 5.26 Å². The highest BCUT2D eigenvalue weighted by molar-refractivity contribution is 7.81. The van der Waals surface area contributed by atoms with Crippen LogP contribution in [0.4, 0.5) is 35.9 Å². The van der Waals surface area contributed by atoms with Crippen LogP contribution in [-0.4, -0.2) is 75.2 Å². The lowest BCUT2D eigenvalue weighted by atomic mass is 9.75. The average molecular weight is 842 g/mol. The number of pyridine rings is 1. The molecule has 5 aliphatic rings. The summed E-state index contributed by atoms with van der Waals surface area (Å²) in [5.74, 6) is 0.534. The fraction of sp³-hybridized carbons (Fsp3) is 0.477. The second-order valence-corrected chi connectivity index (χ2v) is 16.9. The van der Waals surface area contributed by atoms with E-state index in [0.29, 0.717) is 74.6 Å². The quantitative estimate of drug-likeness (QED) is 0.139. The summed E-state index contributed by atoms with van der Waals surface area (Å²) in [6.07, 6.45) is 4.32. The number of nitrogens with one attached hydrogen (secondary N) is 2. The molecule has 4 heterocycles. The molecule has 2 amide bonds. The number of piperidine rings is 1. The Morgan fingerprint density at radius 2 is 1.78 bits per heavy atom. The number of ketones is 2. The molecule has 12 nitrogen and oxygen atoms in total. The summed E-state index contributed by atoms with van der Waals surface area (Å²) in [7, 11) is 0. The second-order valence-electron chi connectivity index (χ2n) is 16.6. The second kappa shape index (κ2) is 16.6. The summed E-state index contributed by atoms with van der Waals surface area (Å²) in [6, 6.07) is 15.4. The predicted octanol–water partition coefficient (Wildman–Crippen LogP) is 7.35. The van der Waals surface area contributed by atoms with E-state index < -0.39 is 34.9 Å². The Hall–Kier alpha value is -5.40. The van der Waals surface area contributed by atoms with Gasteiger partial charge in [-0.25, -0.2) is 4.98 Å². The van der Waals surface area contributed by atoms with Crippen LogP contribution >= 0.6 is 12.2 Å². The van der Waals surface area contributed by atoms with Crippen molar-refractivity contribution in [3.63, 3.8) is 0 Å². The first-order chi connectivity index (χ1) is 28.8. The Morgan fingerprint density at radius 1 is 1.03 bits per heavy atom. The van der Waals surface area contributed by atoms with Crippen molar-refractivity contribution >= 4 is 63.5 Å². The molecule has 1 spiro atoms. The molecule has 16 heteroatoms. The van der Waals surface area contributed by atoms with Crippen LogP contribution in [0, 0.1) is 17.2 Å². The lowest BCUT2D eigenvalue weighted by Crippen LogP contribution is -2.55. The molecule has 4 atom stereocenters. The lowest BCUT2D eigenvalue weighted by Gasteiger charge is -2.43. The van der Waals surface area contributed by atoms with Crippen molar-refractivity contribution < 1.29 is 37.1 Å². The van der Waals surface area contributed by atoms with Crippen molar-refractivity contribution in [2.75, 3.05) is 33.6 Å². The maximum absolute atomic E-state index is 14.0. The van der Waals surface area contributed by atoms with Gasteiger partial charge in [0.25, 0.3) is 5.91 Å². The van der Waals surface area contributed by atoms with E-state index in [1.54, 1.807) is 4.90 Å². The number of amides is 2. The van der Waals surface area contributed by atoms with Crippen molar-refractivity contribution in [3.8, 4) is 11.8 Å². The number of nitrogens with zero attached hydrogens (tertiary/aromatic N) is 5. The van der Waals surface area contributed by atoms with Crippen LogP contribution in [0.3, 0.4) is 0 Å². The molecule has 0 radical (unpaired) electrons. The van der Waals surface area contributed by atoms with Gasteiger partial charge >= 0.3 is 6.18 Å². The standard InChI is InChI=1S/C44H46F3N7O5S/c1-2-27-19-32(54-42(60)53(41(58)43(54)14-4-15-43)33-21-35(44(45,46)47)37(23-48)49-24-33)9-12-39(27)59-16-13-26-17-30-7-8-31(18-26)52(30)25-40(57)51-29-6-3-5-28(20-29)50-36-11-10-34(55)22-38(36)56/h3,5-6,9,12,19-21,24,26,30-31,36,50H,2,4,7-8,10-11,13-18,22,25H2,1H3,(H,51,57)/t26?,30-,31+,36?. The van der Waals surface area contributed by atoms with Crippen molar-refractivity contribution in [2.45, 2.75) is 114 Å². The number of Topliss-reactive ketones (excluding diaryl/α,β-unsaturated/α-hetero) is 2. The number of alkyl halides is 3. The van der Waals surface area contributed by atoms with Crippen LogP contribution in [0.15, 0.2) is 54.7 Å². The normalized spacial score (nSPS) is 23.8. The number of carbonyl (C=O) groups is 4. The number of rotatable bonds is 12. The van der Waals surface area contributed by atoms with Gasteiger partial charge in [0.15, 0.2) is 16.6 Å². The van der Waals surface area contributed by atoms with Gasteiger partial charge in [-0.1, -0.05) is 13.0 Å². The number of carbonyl (C=O) groups excluding carboxylic acids is 4. The van der Waals surface area contributed by atoms with Crippen LogP contribution in [0.1, 0.15) is 94.4 Å². The van der Waals surface area contributed by atoms with Crippen LogP contribution in [0.25, 0.3) is 0 Å². The Morgan fingerprint density at radius 3 is 2.45 bits per heavy atom. The molecule has 314 valence electrons. The minimum Gasteiger partial charge on any atom is -0.493 e. The molecule has 1 aromatic heterocycles. The first kappa shape index (κ1) is 41.3. The van der Waals surface area contributed by atoms with Gasteiger partial charge in [0.05, 0.1) is 43.1 Å². The highest BCUT2D eigenvalue weighted by atomic mass is 32.1. The number of nitriles is 1. The van der Waals surface area contributed by atoms with E-state index in [4.69, 9.17) is 17.0 Å². The predicted molar refractivity (Wildman–Crippen MR) is 222 cm³/mol. The fourth-order valence-corrected chi connectivity index (χ4v) is 10.2. The van der Waals surface area contributed by atoms with E-state index in [-0.39, 0.29) is 34.7 Å². The van der Waals surface area contributed by atoms with Crippen molar-refractivity contribution in [1.82, 2.24) is 9.88 Å². The molecule has 2 saturated carbocycles. The van der Waals surface area contributed by atoms with Crippen LogP contribution in [0.5, 0.6) is 5.75 Å². The van der Waals surface area contributed by atoms with Gasteiger partial charge in [-0.05, 0) is 130 Å². The molecule has 2 aromatic carbocycles. The maximum Gasteiger partial charge on any atom is 0.419 e. The Kier molecular flexibility index (Phi) is 11.4. The Labute approximate surface area is 351 Å². The lowest BCUT2D eigenvalue weighted by molar-refractivity contribution is -0.138. The van der Waals surface area contributed by atoms with E-state index in [1.165, 1.54) is 6.07 Å². The molecular weight excluding hydrogens is 796 g/mol. The number of hydrogen-bond donors (Lipinski definition) is 2. The van der Waals surface area contributed by atoms with E-state index in [0.717, 1.165) is 72.7 Å². The summed E-state index contributed by atoms with van der Waals surface area (Å²) in [5, 5.41) is 15.5. The highest BCUT2D eigenvalue weighted by Gasteiger charge is 2.60. The largest absolute Gasteiger partial charge is 0.493 e. The number of fused-ring (bicyclic) bond motifs is 2. The van der Waals surface area contributed by atoms with E-state index in [1.807, 2.05) is 49.4 Å². The zero-order chi connectivity index (χ0) is 42.3. The maximum atomic E-state index is 14.0. The molecule has 2 bridgehead atoms. The van der Waals surface area contributed by atoms with E-state index in [2.05, 4.69) is 20.5 Å². The van der Waals surface area contributed by atoms with Crippen molar-refractivity contribution in [3.05, 3.63) is 71.5 Å². The number of aromatic nitrogens is 1. The van der Waals surface area contributed by atoms with Crippen LogP contribution < -0.4 is 25.2 Å². The first-order valence-electron chi connectivity index (χ1n) is 20.7. The monoisotopic (exact) mass is 841 g/mol. The third-order valence-electron chi connectivity index (χ3n) is 12.9. The van der Waals surface area contributed by atoms with Gasteiger partial charge in [-0.3, -0.25) is 29.0 Å². The molecule has 2 unspecified atom stereocenters. The Balaban J connectivity index is 0.863. The Bertz CT molecular complexity index is 2260. The fourth-order valence-electron chi connectivity index (χ4n) is 9.71. The third-order valence-corrected chi connectivity index (χ3v) is 13.2. The van der Waals surface area contributed by atoms with Crippen LogP contribution in [0.2, 0.25) is 0 Å². The number of ether oxygens (including phenoxy) is 1. The van der Waals surface area contributed by atoms with Gasteiger partial charge in [-0.2, -0.15) is 18.4 Å². The molecule has 2 N–H and O–H groups in total. The van der Waals surface area contributed by atoms with Gasteiger partial charge in [-0.15, -0.1) is 0 Å². The van der Waals surface area contributed by atoms with Gasteiger partial charge in [0.1, 0.15) is 23.1 Å². The molecule has 3 aliphatic heterocycles. The molecule has 5 fully saturated rings. The third kappa shape index (κ3) is 7.97. The molecule has 3 saturated heterocycles. The number of halogens is 3. The van der Waals surface area contributed by atoms with Crippen LogP contribution in [-0.2, 0) is 31.8 Å². The summed E-state index contributed by atoms with van der Waals surface area (Å²) < 4.78 is 47.9. The van der Waals surface area contributed by atoms with Gasteiger partial charge in [0, 0.05) is 35.6 Å². The minimum atomic E-state index is -4.84. The zero-order valence-corrected chi connectivity index (χ0v) is 34.0. The summed E-state index contributed by atoms with van der Waals surface area (Å²) in [4.78, 5) is 60.1. The number of thiocarbonyl (C=S) groups is 1. The smallest absolute Gasteiger partial charge is 0.419 e. The SMILES string of the molecule is CCc1cc(N2C(=S)N(c3cnc(C#N)c(C(F)(F)F)c3)C(=O)C23CCC3)ccc1OCCC1C[C@H]2CC[C@@H](C1)N2CC(=O)Nc1cccc(NC2CCC(=O)CC2=O)c1. The van der Waals surface area contributed by atoms with Gasteiger partial charge in [0.2, 0.25) is 5.91 Å². The first-order valence-corrected chi connectivity index (χ1v) is 21.1.